The molecule has 0 atom stereocenters. The average molecular weight is 264 g/mol. The molecule has 3 heteroatoms. The second kappa shape index (κ2) is 8.94. The monoisotopic (exact) mass is 264 g/mol. The molecule has 0 saturated carbocycles. The first kappa shape index (κ1) is 16.0. The van der Waals surface area contributed by atoms with E-state index in [-0.39, 0.29) is 0 Å². The minimum atomic E-state index is 0.798. The summed E-state index contributed by atoms with van der Waals surface area (Å²) in [5, 5.41) is 0. The van der Waals surface area contributed by atoms with Gasteiger partial charge in [-0.3, -0.25) is 0 Å². The van der Waals surface area contributed by atoms with Crippen molar-refractivity contribution >= 4 is 0 Å². The van der Waals surface area contributed by atoms with Crippen molar-refractivity contribution in [1.82, 2.24) is 4.90 Å². The number of unbranched alkanes of at least 4 members (excludes halogenated alkanes) is 1. The third-order valence-electron chi connectivity index (χ3n) is 3.50. The van der Waals surface area contributed by atoms with E-state index in [2.05, 4.69) is 37.1 Å². The number of ether oxygens (including phenoxy) is 1. The fourth-order valence-electron chi connectivity index (χ4n) is 2.22. The average Bonchev–Trinajstić information content (AvgIpc) is 2.45. The molecule has 19 heavy (non-hydrogen) atoms. The van der Waals surface area contributed by atoms with Crippen molar-refractivity contribution in [2.45, 2.75) is 32.6 Å². The molecule has 0 radical (unpaired) electrons. The van der Waals surface area contributed by atoms with E-state index in [0.29, 0.717) is 0 Å². The predicted molar refractivity (Wildman–Crippen MR) is 81.9 cm³/mol. The van der Waals surface area contributed by atoms with Gasteiger partial charge in [-0.25, -0.2) is 0 Å². The van der Waals surface area contributed by atoms with Gasteiger partial charge in [0.15, 0.2) is 0 Å². The van der Waals surface area contributed by atoms with Gasteiger partial charge in [-0.2, -0.15) is 0 Å². The Morgan fingerprint density at radius 2 is 2.00 bits per heavy atom. The van der Waals surface area contributed by atoms with Crippen LogP contribution < -0.4 is 10.5 Å². The maximum atomic E-state index is 5.51. The number of methoxy groups -OCH3 is 1. The molecule has 1 aromatic rings. The molecular weight excluding hydrogens is 236 g/mol. The van der Waals surface area contributed by atoms with Crippen molar-refractivity contribution in [2.24, 2.45) is 5.73 Å². The van der Waals surface area contributed by atoms with Crippen molar-refractivity contribution < 1.29 is 4.74 Å². The number of nitrogens with zero attached hydrogens (tertiary/aromatic N) is 1. The molecule has 0 aliphatic heterocycles. The quantitative estimate of drug-likeness (QED) is 0.696. The molecule has 108 valence electrons. The first-order chi connectivity index (χ1) is 9.21. The highest BCUT2D eigenvalue weighted by molar-refractivity contribution is 5.37. The van der Waals surface area contributed by atoms with Gasteiger partial charge in [0.05, 0.1) is 7.11 Å². The van der Waals surface area contributed by atoms with Crippen molar-refractivity contribution in [1.29, 1.82) is 0 Å². The SMILES string of the molecule is CCc1cc(CCN(C)CCCCN)ccc1OC. The summed E-state index contributed by atoms with van der Waals surface area (Å²) in [5.41, 5.74) is 8.20. The zero-order valence-electron chi connectivity index (χ0n) is 12.6. The molecular formula is C16H28N2O. The Morgan fingerprint density at radius 1 is 1.21 bits per heavy atom. The Bertz CT molecular complexity index is 366. The summed E-state index contributed by atoms with van der Waals surface area (Å²) >= 11 is 0. The highest BCUT2D eigenvalue weighted by atomic mass is 16.5. The smallest absolute Gasteiger partial charge is 0.122 e. The Kier molecular flexibility index (Phi) is 7.53. The molecule has 1 rings (SSSR count). The lowest BCUT2D eigenvalue weighted by molar-refractivity contribution is 0.330. The van der Waals surface area contributed by atoms with E-state index in [9.17, 15) is 0 Å². The van der Waals surface area contributed by atoms with E-state index >= 15 is 0 Å². The summed E-state index contributed by atoms with van der Waals surface area (Å²) in [6.45, 7) is 5.20. The van der Waals surface area contributed by atoms with Gasteiger partial charge in [-0.1, -0.05) is 19.1 Å². The van der Waals surface area contributed by atoms with Crippen LogP contribution in [0.4, 0.5) is 0 Å². The van der Waals surface area contributed by atoms with E-state index in [4.69, 9.17) is 10.5 Å². The normalized spacial score (nSPS) is 11.0. The van der Waals surface area contributed by atoms with Crippen LogP contribution in [0.15, 0.2) is 18.2 Å². The zero-order valence-corrected chi connectivity index (χ0v) is 12.6. The van der Waals surface area contributed by atoms with Crippen molar-refractivity contribution in [2.75, 3.05) is 33.8 Å². The Balaban J connectivity index is 2.44. The molecule has 0 aliphatic rings. The second-order valence-electron chi connectivity index (χ2n) is 5.05. The Hall–Kier alpha value is -1.06. The molecule has 3 nitrogen and oxygen atoms in total. The van der Waals surface area contributed by atoms with Crippen LogP contribution in [0, 0.1) is 0 Å². The summed E-state index contributed by atoms with van der Waals surface area (Å²) in [6, 6.07) is 6.53. The summed E-state index contributed by atoms with van der Waals surface area (Å²) in [5.74, 6) is 1.00. The van der Waals surface area contributed by atoms with Crippen molar-refractivity contribution in [3.63, 3.8) is 0 Å². The van der Waals surface area contributed by atoms with Gasteiger partial charge in [0.1, 0.15) is 5.75 Å². The Labute approximate surface area is 117 Å². The maximum Gasteiger partial charge on any atom is 0.122 e. The number of nitrogens with two attached hydrogens (primary N) is 1. The lowest BCUT2D eigenvalue weighted by Crippen LogP contribution is -2.23. The number of hydrogen-bond acceptors (Lipinski definition) is 3. The molecule has 0 aliphatic carbocycles. The van der Waals surface area contributed by atoms with Gasteiger partial charge in [0.2, 0.25) is 0 Å². The lowest BCUT2D eigenvalue weighted by Gasteiger charge is -2.17. The van der Waals surface area contributed by atoms with Crippen LogP contribution in [0.2, 0.25) is 0 Å². The molecule has 0 heterocycles. The number of hydrogen-bond donors (Lipinski definition) is 1. The van der Waals surface area contributed by atoms with Gasteiger partial charge in [0.25, 0.3) is 0 Å². The number of benzene rings is 1. The molecule has 1 aromatic carbocycles. The van der Waals surface area contributed by atoms with Crippen molar-refractivity contribution in [3.8, 4) is 5.75 Å². The minimum Gasteiger partial charge on any atom is -0.496 e. The van der Waals surface area contributed by atoms with Crippen LogP contribution >= 0.6 is 0 Å². The maximum absolute atomic E-state index is 5.51. The Morgan fingerprint density at radius 3 is 2.63 bits per heavy atom. The molecule has 2 N–H and O–H groups in total. The van der Waals surface area contributed by atoms with Crippen LogP contribution in [0.5, 0.6) is 5.75 Å². The van der Waals surface area contributed by atoms with E-state index in [1.54, 1.807) is 7.11 Å². The van der Waals surface area contributed by atoms with Gasteiger partial charge in [-0.15, -0.1) is 0 Å². The van der Waals surface area contributed by atoms with E-state index in [1.807, 2.05) is 0 Å². The summed E-state index contributed by atoms with van der Waals surface area (Å²) in [4.78, 5) is 2.38. The van der Waals surface area contributed by atoms with Crippen LogP contribution in [-0.2, 0) is 12.8 Å². The van der Waals surface area contributed by atoms with Crippen LogP contribution in [0.1, 0.15) is 30.9 Å². The van der Waals surface area contributed by atoms with E-state index < -0.39 is 0 Å². The molecule has 0 spiro atoms. The summed E-state index contributed by atoms with van der Waals surface area (Å²) in [7, 11) is 3.92. The van der Waals surface area contributed by atoms with Gasteiger partial charge in [-0.05, 0) is 63.0 Å². The van der Waals surface area contributed by atoms with Gasteiger partial charge >= 0.3 is 0 Å². The van der Waals surface area contributed by atoms with Crippen LogP contribution in [0.3, 0.4) is 0 Å². The third kappa shape index (κ3) is 5.62. The van der Waals surface area contributed by atoms with Gasteiger partial charge in [0, 0.05) is 6.54 Å². The molecule has 0 aromatic heterocycles. The van der Waals surface area contributed by atoms with Crippen LogP contribution in [-0.4, -0.2) is 38.7 Å². The first-order valence-electron chi connectivity index (χ1n) is 7.25. The number of likely N-dealkylation sites (N-methyl/N-ethyl adjacent to an activating group) is 1. The number of aryl methyl sites for hydroxylation is 1. The standard InChI is InChI=1S/C16H28N2O/c1-4-15-13-14(7-8-16(15)19-3)9-12-18(2)11-6-5-10-17/h7-8,13H,4-6,9-12,17H2,1-3H3. The highest BCUT2D eigenvalue weighted by Crippen LogP contribution is 2.20. The predicted octanol–water partition coefficient (Wildman–Crippen LogP) is 2.47. The topological polar surface area (TPSA) is 38.5 Å². The molecule has 0 bridgehead atoms. The van der Waals surface area contributed by atoms with Crippen molar-refractivity contribution in [3.05, 3.63) is 29.3 Å². The fraction of sp³-hybridized carbons (Fsp3) is 0.625. The largest absolute Gasteiger partial charge is 0.496 e. The summed E-state index contributed by atoms with van der Waals surface area (Å²) in [6.07, 6.45) is 4.42. The molecule has 0 unspecified atom stereocenters. The first-order valence-corrected chi connectivity index (χ1v) is 7.25. The zero-order chi connectivity index (χ0) is 14.1. The molecule has 0 saturated heterocycles. The van der Waals surface area contributed by atoms with Crippen LogP contribution in [0.25, 0.3) is 0 Å². The van der Waals surface area contributed by atoms with Gasteiger partial charge < -0.3 is 15.4 Å². The number of rotatable bonds is 9. The second-order valence-corrected chi connectivity index (χ2v) is 5.05. The lowest BCUT2D eigenvalue weighted by atomic mass is 10.0. The van der Waals surface area contributed by atoms with E-state index in [1.165, 1.54) is 17.5 Å². The highest BCUT2D eigenvalue weighted by Gasteiger charge is 2.04. The molecule has 0 fully saturated rings. The van der Waals surface area contributed by atoms with E-state index in [0.717, 1.165) is 44.6 Å². The summed E-state index contributed by atoms with van der Waals surface area (Å²) < 4.78 is 5.36. The fourth-order valence-corrected chi connectivity index (χ4v) is 2.22. The molecule has 0 amide bonds. The minimum absolute atomic E-state index is 0.798. The third-order valence-corrected chi connectivity index (χ3v) is 3.50.